The monoisotopic (exact) mass is 352 g/mol. The molecule has 0 atom stereocenters. The van der Waals surface area contributed by atoms with Crippen LogP contribution >= 0.6 is 0 Å². The number of hydrogen-bond donors (Lipinski definition) is 1. The van der Waals surface area contributed by atoms with Crippen molar-refractivity contribution in [2.24, 2.45) is 5.41 Å². The molecule has 2 aromatic carbocycles. The Morgan fingerprint density at radius 3 is 1.73 bits per heavy atom. The molecule has 0 fully saturated rings. The lowest BCUT2D eigenvalue weighted by Gasteiger charge is -2.24. The molecule has 0 spiro atoms. The van der Waals surface area contributed by atoms with E-state index in [0.29, 0.717) is 26.1 Å². The Labute approximate surface area is 156 Å². The summed E-state index contributed by atoms with van der Waals surface area (Å²) in [6.45, 7) is 7.06. The summed E-state index contributed by atoms with van der Waals surface area (Å²) in [6.07, 6.45) is 0.293. The summed E-state index contributed by atoms with van der Waals surface area (Å²) >= 11 is 0. The van der Waals surface area contributed by atoms with Crippen molar-refractivity contribution in [1.29, 1.82) is 0 Å². The molecule has 0 aliphatic rings. The first-order valence-electron chi connectivity index (χ1n) is 9.00. The van der Waals surface area contributed by atoms with Crippen LogP contribution in [0, 0.1) is 5.41 Å². The second-order valence-corrected chi connectivity index (χ2v) is 7.48. The number of carbonyl (C=O) groups is 2. The molecule has 0 aliphatic heterocycles. The van der Waals surface area contributed by atoms with Crippen molar-refractivity contribution in [1.82, 2.24) is 10.2 Å². The maximum Gasteiger partial charge on any atom is 0.225 e. The largest absolute Gasteiger partial charge is 0.355 e. The van der Waals surface area contributed by atoms with Crippen LogP contribution in [0.5, 0.6) is 0 Å². The highest BCUT2D eigenvalue weighted by atomic mass is 16.2. The molecule has 26 heavy (non-hydrogen) atoms. The number of nitrogens with zero attached hydrogens (tertiary/aromatic N) is 1. The van der Waals surface area contributed by atoms with E-state index in [1.165, 1.54) is 0 Å². The Kier molecular flexibility index (Phi) is 6.96. The molecule has 0 saturated heterocycles. The molecule has 4 heteroatoms. The van der Waals surface area contributed by atoms with Crippen LogP contribution in [-0.4, -0.2) is 23.3 Å². The van der Waals surface area contributed by atoms with Crippen LogP contribution in [0.3, 0.4) is 0 Å². The van der Waals surface area contributed by atoms with Gasteiger partial charge < -0.3 is 10.2 Å². The van der Waals surface area contributed by atoms with Crippen LogP contribution < -0.4 is 5.32 Å². The Morgan fingerprint density at radius 2 is 1.31 bits per heavy atom. The lowest BCUT2D eigenvalue weighted by atomic mass is 9.96. The van der Waals surface area contributed by atoms with Gasteiger partial charge in [-0.25, -0.2) is 0 Å². The molecule has 2 aromatic rings. The van der Waals surface area contributed by atoms with Crippen molar-refractivity contribution in [3.8, 4) is 0 Å². The van der Waals surface area contributed by atoms with Crippen molar-refractivity contribution < 1.29 is 9.59 Å². The number of nitrogens with one attached hydrogen (secondary N) is 1. The molecule has 0 bridgehead atoms. The van der Waals surface area contributed by atoms with Crippen molar-refractivity contribution >= 4 is 11.8 Å². The van der Waals surface area contributed by atoms with Gasteiger partial charge in [0.1, 0.15) is 0 Å². The molecule has 138 valence electrons. The second kappa shape index (κ2) is 9.18. The molecule has 2 rings (SSSR count). The van der Waals surface area contributed by atoms with Gasteiger partial charge in [0.2, 0.25) is 11.8 Å². The van der Waals surface area contributed by atoms with Gasteiger partial charge in [0, 0.05) is 31.5 Å². The maximum atomic E-state index is 12.8. The molecule has 0 heterocycles. The van der Waals surface area contributed by atoms with E-state index in [1.807, 2.05) is 86.3 Å². The predicted octanol–water partition coefficient (Wildman–Crippen LogP) is 3.77. The zero-order chi connectivity index (χ0) is 19.0. The van der Waals surface area contributed by atoms with Crippen LogP contribution in [0.15, 0.2) is 60.7 Å². The summed E-state index contributed by atoms with van der Waals surface area (Å²) in [5.41, 5.74) is 1.74. The summed E-state index contributed by atoms with van der Waals surface area (Å²) in [5, 5.41) is 2.85. The van der Waals surface area contributed by atoms with Crippen LogP contribution in [-0.2, 0) is 22.7 Å². The zero-order valence-electron chi connectivity index (χ0n) is 15.9. The average molecular weight is 352 g/mol. The minimum absolute atomic E-state index is 0.0342. The zero-order valence-corrected chi connectivity index (χ0v) is 15.9. The summed E-state index contributed by atoms with van der Waals surface area (Å²) in [7, 11) is 0. The third-order valence-corrected chi connectivity index (χ3v) is 4.09. The Morgan fingerprint density at radius 1 is 0.846 bits per heavy atom. The lowest BCUT2D eigenvalue weighted by molar-refractivity contribution is -0.133. The third-order valence-electron chi connectivity index (χ3n) is 4.09. The predicted molar refractivity (Wildman–Crippen MR) is 104 cm³/mol. The van der Waals surface area contributed by atoms with Crippen molar-refractivity contribution in [3.05, 3.63) is 71.8 Å². The molecular weight excluding hydrogens is 324 g/mol. The fourth-order valence-corrected chi connectivity index (χ4v) is 2.55. The number of benzene rings is 2. The van der Waals surface area contributed by atoms with Gasteiger partial charge in [-0.2, -0.15) is 0 Å². The van der Waals surface area contributed by atoms with E-state index < -0.39 is 5.41 Å². The van der Waals surface area contributed by atoms with E-state index >= 15 is 0 Å². The van der Waals surface area contributed by atoms with Gasteiger partial charge in [-0.15, -0.1) is 0 Å². The first kappa shape index (κ1) is 19.7. The van der Waals surface area contributed by atoms with Crippen molar-refractivity contribution in [2.45, 2.75) is 40.3 Å². The summed E-state index contributed by atoms with van der Waals surface area (Å²) in [6, 6.07) is 19.9. The van der Waals surface area contributed by atoms with E-state index in [2.05, 4.69) is 5.32 Å². The van der Waals surface area contributed by atoms with E-state index in [0.717, 1.165) is 11.1 Å². The molecule has 0 radical (unpaired) electrons. The molecule has 0 aromatic heterocycles. The average Bonchev–Trinajstić information content (AvgIpc) is 2.62. The smallest absolute Gasteiger partial charge is 0.225 e. The first-order valence-corrected chi connectivity index (χ1v) is 9.00. The van der Waals surface area contributed by atoms with Gasteiger partial charge in [-0.3, -0.25) is 9.59 Å². The highest BCUT2D eigenvalue weighted by Gasteiger charge is 2.21. The van der Waals surface area contributed by atoms with Gasteiger partial charge in [0.05, 0.1) is 0 Å². The van der Waals surface area contributed by atoms with Crippen molar-refractivity contribution in [3.63, 3.8) is 0 Å². The minimum Gasteiger partial charge on any atom is -0.355 e. The minimum atomic E-state index is -0.448. The van der Waals surface area contributed by atoms with E-state index in [1.54, 1.807) is 0 Å². The first-order chi connectivity index (χ1) is 12.4. The molecule has 0 unspecified atom stereocenters. The number of carbonyl (C=O) groups excluding carboxylic acids is 2. The van der Waals surface area contributed by atoms with Gasteiger partial charge in [-0.1, -0.05) is 81.4 Å². The van der Waals surface area contributed by atoms with E-state index in [4.69, 9.17) is 0 Å². The van der Waals surface area contributed by atoms with Crippen LogP contribution in [0.4, 0.5) is 0 Å². The lowest BCUT2D eigenvalue weighted by Crippen LogP contribution is -2.38. The maximum absolute atomic E-state index is 12.8. The van der Waals surface area contributed by atoms with Gasteiger partial charge in [-0.05, 0) is 11.1 Å². The van der Waals surface area contributed by atoms with Gasteiger partial charge >= 0.3 is 0 Å². The number of amides is 2. The molecule has 2 amide bonds. The van der Waals surface area contributed by atoms with Crippen molar-refractivity contribution in [2.75, 3.05) is 6.54 Å². The Balaban J connectivity index is 2.00. The Hall–Kier alpha value is -2.62. The molecule has 1 N–H and O–H groups in total. The molecular formula is C22H28N2O2. The summed E-state index contributed by atoms with van der Waals surface area (Å²) in [4.78, 5) is 26.6. The summed E-state index contributed by atoms with van der Waals surface area (Å²) < 4.78 is 0. The number of rotatable bonds is 7. The number of hydrogen-bond acceptors (Lipinski definition) is 2. The van der Waals surface area contributed by atoms with Gasteiger partial charge in [0.25, 0.3) is 0 Å². The quantitative estimate of drug-likeness (QED) is 0.825. The molecule has 0 aliphatic carbocycles. The van der Waals surface area contributed by atoms with Crippen LogP contribution in [0.1, 0.15) is 38.3 Å². The van der Waals surface area contributed by atoms with Crippen LogP contribution in [0.25, 0.3) is 0 Å². The molecule has 0 saturated carbocycles. The second-order valence-electron chi connectivity index (χ2n) is 7.48. The highest BCUT2D eigenvalue weighted by Crippen LogP contribution is 2.13. The van der Waals surface area contributed by atoms with Crippen LogP contribution in [0.2, 0.25) is 0 Å². The topological polar surface area (TPSA) is 49.4 Å². The standard InChI is InChI=1S/C22H28N2O2/c1-22(2,3)21(26)23-15-14-20(25)24(16-18-10-6-4-7-11-18)17-19-12-8-5-9-13-19/h4-13H,14-17H2,1-3H3,(H,23,26). The fourth-order valence-electron chi connectivity index (χ4n) is 2.55. The van der Waals surface area contributed by atoms with Gasteiger partial charge in [0.15, 0.2) is 0 Å². The van der Waals surface area contributed by atoms with E-state index in [-0.39, 0.29) is 11.8 Å². The molecule has 4 nitrogen and oxygen atoms in total. The van der Waals surface area contributed by atoms with E-state index in [9.17, 15) is 9.59 Å². The Bertz CT molecular complexity index is 664. The summed E-state index contributed by atoms with van der Waals surface area (Å²) in [5.74, 6) is -0.00474. The fraction of sp³-hybridized carbons (Fsp3) is 0.364. The third kappa shape index (κ3) is 6.36. The normalized spacial score (nSPS) is 11.0. The SMILES string of the molecule is CC(C)(C)C(=O)NCCC(=O)N(Cc1ccccc1)Cc1ccccc1. The highest BCUT2D eigenvalue weighted by molar-refractivity contribution is 5.82.